The van der Waals surface area contributed by atoms with E-state index in [-0.39, 0.29) is 11.7 Å². The van der Waals surface area contributed by atoms with E-state index in [2.05, 4.69) is 10.2 Å². The van der Waals surface area contributed by atoms with E-state index in [0.717, 1.165) is 26.1 Å². The van der Waals surface area contributed by atoms with Crippen LogP contribution in [0.1, 0.15) is 39.8 Å². The SMILES string of the molecule is CC(=O)c1ccc(Sc2ccc(C(=O)NC3CN4CCC3CC4)s2)cc1. The van der Waals surface area contributed by atoms with Crippen LogP contribution in [0.4, 0.5) is 0 Å². The van der Waals surface area contributed by atoms with Gasteiger partial charge in [0, 0.05) is 23.0 Å². The molecule has 0 spiro atoms. The van der Waals surface area contributed by atoms with E-state index >= 15 is 0 Å². The lowest BCUT2D eigenvalue weighted by Gasteiger charge is -2.44. The molecule has 2 bridgehead atoms. The molecule has 0 saturated carbocycles. The van der Waals surface area contributed by atoms with Crippen LogP contribution in [0.25, 0.3) is 0 Å². The van der Waals surface area contributed by atoms with E-state index in [9.17, 15) is 9.59 Å². The quantitative estimate of drug-likeness (QED) is 0.791. The summed E-state index contributed by atoms with van der Waals surface area (Å²) in [6.45, 7) is 4.92. The normalized spacial score (nSPS) is 24.4. The Balaban J connectivity index is 1.38. The van der Waals surface area contributed by atoms with Crippen LogP contribution in [0.3, 0.4) is 0 Å². The number of thiophene rings is 1. The molecule has 4 nitrogen and oxygen atoms in total. The summed E-state index contributed by atoms with van der Waals surface area (Å²) in [7, 11) is 0. The summed E-state index contributed by atoms with van der Waals surface area (Å²) in [5.74, 6) is 0.759. The van der Waals surface area contributed by atoms with Crippen molar-refractivity contribution in [2.75, 3.05) is 19.6 Å². The Morgan fingerprint density at radius 3 is 2.46 bits per heavy atom. The van der Waals surface area contributed by atoms with Crippen molar-refractivity contribution in [3.05, 3.63) is 46.8 Å². The molecule has 26 heavy (non-hydrogen) atoms. The van der Waals surface area contributed by atoms with Crippen molar-refractivity contribution >= 4 is 34.8 Å². The monoisotopic (exact) mass is 386 g/mol. The van der Waals surface area contributed by atoms with Crippen molar-refractivity contribution in [3.8, 4) is 0 Å². The lowest BCUT2D eigenvalue weighted by molar-refractivity contribution is 0.0622. The number of hydrogen-bond donors (Lipinski definition) is 1. The van der Waals surface area contributed by atoms with Crippen LogP contribution in [0.2, 0.25) is 0 Å². The average molecular weight is 387 g/mol. The highest BCUT2D eigenvalue weighted by atomic mass is 32.2. The summed E-state index contributed by atoms with van der Waals surface area (Å²) in [5, 5.41) is 3.25. The fourth-order valence-corrected chi connectivity index (χ4v) is 5.74. The Morgan fingerprint density at radius 1 is 1.12 bits per heavy atom. The molecule has 1 aromatic carbocycles. The molecule has 0 aliphatic carbocycles. The number of hydrogen-bond acceptors (Lipinski definition) is 5. The van der Waals surface area contributed by atoms with Crippen molar-refractivity contribution in [2.45, 2.75) is 34.9 Å². The van der Waals surface area contributed by atoms with Crippen molar-refractivity contribution < 1.29 is 9.59 Å². The molecule has 1 unspecified atom stereocenters. The van der Waals surface area contributed by atoms with Gasteiger partial charge in [-0.2, -0.15) is 0 Å². The van der Waals surface area contributed by atoms with Crippen LogP contribution in [0.15, 0.2) is 45.5 Å². The predicted molar refractivity (Wildman–Crippen MR) is 105 cm³/mol. The Morgan fingerprint density at radius 2 is 1.85 bits per heavy atom. The minimum Gasteiger partial charge on any atom is -0.347 e. The first-order valence-electron chi connectivity index (χ1n) is 9.00. The summed E-state index contributed by atoms with van der Waals surface area (Å²) in [5.41, 5.74) is 0.720. The molecular formula is C20H22N2O2S2. The minimum atomic E-state index is 0.0486. The second-order valence-corrected chi connectivity index (χ2v) is 9.48. The zero-order valence-electron chi connectivity index (χ0n) is 14.7. The number of rotatable bonds is 5. The maximum atomic E-state index is 12.6. The first kappa shape index (κ1) is 17.8. The molecule has 4 heterocycles. The first-order chi connectivity index (χ1) is 12.6. The summed E-state index contributed by atoms with van der Waals surface area (Å²) < 4.78 is 1.08. The number of amides is 1. The third-order valence-corrected chi connectivity index (χ3v) is 7.48. The fraction of sp³-hybridized carbons (Fsp3) is 0.400. The molecule has 3 fully saturated rings. The first-order valence-corrected chi connectivity index (χ1v) is 10.6. The average Bonchev–Trinajstić information content (AvgIpc) is 3.12. The fourth-order valence-electron chi connectivity index (χ4n) is 3.74. The molecule has 2 aromatic rings. The molecule has 1 amide bonds. The van der Waals surface area contributed by atoms with Crippen LogP contribution < -0.4 is 5.32 Å². The molecule has 6 heteroatoms. The van der Waals surface area contributed by atoms with Gasteiger partial charge in [-0.15, -0.1) is 11.3 Å². The molecule has 1 aromatic heterocycles. The lowest BCUT2D eigenvalue weighted by atomic mass is 9.84. The van der Waals surface area contributed by atoms with E-state index in [1.54, 1.807) is 18.7 Å². The van der Waals surface area contributed by atoms with Crippen molar-refractivity contribution in [1.29, 1.82) is 0 Å². The number of Topliss-reactive ketones (excluding diaryl/α,β-unsaturated/α-hetero) is 1. The molecule has 1 N–H and O–H groups in total. The van der Waals surface area contributed by atoms with Gasteiger partial charge in [0.15, 0.2) is 5.78 Å². The zero-order valence-corrected chi connectivity index (χ0v) is 16.4. The second-order valence-electron chi connectivity index (χ2n) is 7.02. The maximum Gasteiger partial charge on any atom is 0.261 e. The van der Waals surface area contributed by atoms with Crippen LogP contribution in [-0.4, -0.2) is 42.3 Å². The number of nitrogens with zero attached hydrogens (tertiary/aromatic N) is 1. The molecule has 136 valence electrons. The summed E-state index contributed by atoms with van der Waals surface area (Å²) in [6.07, 6.45) is 2.40. The number of ketones is 1. The van der Waals surface area contributed by atoms with Gasteiger partial charge in [0.2, 0.25) is 0 Å². The van der Waals surface area contributed by atoms with Gasteiger partial charge in [-0.05, 0) is 63.0 Å². The number of fused-ring (bicyclic) bond motifs is 3. The van der Waals surface area contributed by atoms with Crippen LogP contribution >= 0.6 is 23.1 Å². The zero-order chi connectivity index (χ0) is 18.1. The minimum absolute atomic E-state index is 0.0486. The molecule has 1 atom stereocenters. The van der Waals surface area contributed by atoms with Gasteiger partial charge >= 0.3 is 0 Å². The van der Waals surface area contributed by atoms with Crippen molar-refractivity contribution in [1.82, 2.24) is 10.2 Å². The molecular weight excluding hydrogens is 364 g/mol. The number of piperidine rings is 3. The predicted octanol–water partition coefficient (Wildman–Crippen LogP) is 3.93. The van der Waals surface area contributed by atoms with E-state index in [1.807, 2.05) is 36.4 Å². The summed E-state index contributed by atoms with van der Waals surface area (Å²) in [4.78, 5) is 28.2. The van der Waals surface area contributed by atoms with E-state index in [1.165, 1.54) is 37.3 Å². The second kappa shape index (κ2) is 7.55. The van der Waals surface area contributed by atoms with E-state index in [4.69, 9.17) is 0 Å². The third kappa shape index (κ3) is 3.87. The Kier molecular flexibility index (Phi) is 5.16. The highest BCUT2D eigenvalue weighted by molar-refractivity contribution is 8.01. The van der Waals surface area contributed by atoms with E-state index in [0.29, 0.717) is 12.0 Å². The van der Waals surface area contributed by atoms with Crippen LogP contribution in [0.5, 0.6) is 0 Å². The Bertz CT molecular complexity index is 807. The number of nitrogens with one attached hydrogen (secondary N) is 1. The number of benzene rings is 1. The van der Waals surface area contributed by atoms with Crippen molar-refractivity contribution in [3.63, 3.8) is 0 Å². The van der Waals surface area contributed by atoms with Crippen LogP contribution in [-0.2, 0) is 0 Å². The van der Waals surface area contributed by atoms with Gasteiger partial charge < -0.3 is 10.2 Å². The van der Waals surface area contributed by atoms with Gasteiger partial charge in [-0.25, -0.2) is 0 Å². The number of carbonyl (C=O) groups is 2. The molecule has 0 radical (unpaired) electrons. The van der Waals surface area contributed by atoms with Gasteiger partial charge in [-0.3, -0.25) is 9.59 Å². The smallest absolute Gasteiger partial charge is 0.261 e. The largest absolute Gasteiger partial charge is 0.347 e. The third-order valence-electron chi connectivity index (χ3n) is 5.26. The Hall–Kier alpha value is -1.63. The molecule has 5 rings (SSSR count). The maximum absolute atomic E-state index is 12.6. The molecule has 3 aliphatic heterocycles. The summed E-state index contributed by atoms with van der Waals surface area (Å²) in [6, 6.07) is 11.8. The van der Waals surface area contributed by atoms with Crippen molar-refractivity contribution in [2.24, 2.45) is 5.92 Å². The highest BCUT2D eigenvalue weighted by Gasteiger charge is 2.35. The molecule has 3 saturated heterocycles. The van der Waals surface area contributed by atoms with Gasteiger partial charge in [0.25, 0.3) is 5.91 Å². The number of carbonyl (C=O) groups excluding carboxylic acids is 2. The standard InChI is InChI=1S/C20H22N2O2S2/c1-13(23)14-2-4-16(5-3-14)25-19-7-6-18(26-19)20(24)21-17-12-22-10-8-15(17)9-11-22/h2-7,15,17H,8-12H2,1H3,(H,21,24). The van der Waals surface area contributed by atoms with Gasteiger partial charge in [0.05, 0.1) is 9.09 Å². The lowest BCUT2D eigenvalue weighted by Crippen LogP contribution is -2.57. The van der Waals surface area contributed by atoms with Gasteiger partial charge in [-0.1, -0.05) is 23.9 Å². The molecule has 3 aliphatic rings. The topological polar surface area (TPSA) is 49.4 Å². The van der Waals surface area contributed by atoms with E-state index < -0.39 is 0 Å². The van der Waals surface area contributed by atoms with Crippen LogP contribution in [0, 0.1) is 5.92 Å². The van der Waals surface area contributed by atoms with Gasteiger partial charge in [0.1, 0.15) is 0 Å². The summed E-state index contributed by atoms with van der Waals surface area (Å²) >= 11 is 3.15. The Labute approximate surface area is 162 Å². The highest BCUT2D eigenvalue weighted by Crippen LogP contribution is 2.34.